The van der Waals surface area contributed by atoms with Crippen LogP contribution < -0.4 is 48.3 Å². The second kappa shape index (κ2) is 41.6. The maximum Gasteiger partial charge on any atom is 0.344 e. The first-order valence-corrected chi connectivity index (χ1v) is 29.5. The number of rotatable bonds is 37. The summed E-state index contributed by atoms with van der Waals surface area (Å²) < 4.78 is 11.2. The van der Waals surface area contributed by atoms with Crippen LogP contribution in [0, 0.1) is 0 Å². The smallest absolute Gasteiger partial charge is 0.344 e. The van der Waals surface area contributed by atoms with Crippen molar-refractivity contribution < 1.29 is 73.1 Å². The third-order valence-corrected chi connectivity index (χ3v) is 13.7. The van der Waals surface area contributed by atoms with Crippen molar-refractivity contribution in [1.29, 1.82) is 0 Å². The Kier molecular flexibility index (Phi) is 34.0. The predicted molar refractivity (Wildman–Crippen MR) is 326 cm³/mol. The molecule has 484 valence electrons. The molecule has 0 aromatic heterocycles. The average molecular weight is 1230 g/mol. The quantitative estimate of drug-likeness (QED) is 0.0190. The molecule has 1 saturated heterocycles. The molecule has 14 N–H and O–H groups in total. The third kappa shape index (κ3) is 31.2. The minimum atomic E-state index is -1.04. The van der Waals surface area contributed by atoms with Crippen molar-refractivity contribution in [2.45, 2.75) is 57.5 Å². The zero-order valence-corrected chi connectivity index (χ0v) is 50.1. The Hall–Kier alpha value is -8.48. The molecular weight excluding hydrogens is 1140 g/mol. The van der Waals surface area contributed by atoms with Crippen LogP contribution in [0.3, 0.4) is 0 Å². The average Bonchev–Trinajstić information content (AvgIpc) is 3.35. The van der Waals surface area contributed by atoms with E-state index in [9.17, 15) is 63.6 Å². The maximum absolute atomic E-state index is 14.4. The standard InChI is InChI=1S/C59H88N14O15/c1-2-49(75)63-23-24-66-59(86)69-58(60)65-20-6-10-48(56(84)67-38-43-11-17-47(74)18-12-43)68-57(85)55(44-8-4-3-5-9-44)45-13-15-46(16-14-45)61-21-7-22-62-50(76)19-34-87-36-37-88-35-25-64-51(77)39-70-26-28-71(40-52(78)79)30-32-73(42-54(82)83)33-31-72(29-27-70)41-53(80)81/h3-5,8-9,11-18,48,55,61,74H,2,6-7,10,19-42H2,1H3,(H,62,76)(H,63,75)(H,64,77)(H,67,84)(H,68,85)(H,78,79)(H,80,81)(H,82,83)(H4,60,65,66,69,86)/t48-,55+/m1/s1. The number of urea groups is 1. The summed E-state index contributed by atoms with van der Waals surface area (Å²) in [7, 11) is 0. The third-order valence-electron chi connectivity index (χ3n) is 13.7. The molecular formula is C59H88N14O15. The van der Waals surface area contributed by atoms with Crippen molar-refractivity contribution in [3.63, 3.8) is 0 Å². The molecule has 1 aliphatic heterocycles. The highest BCUT2D eigenvalue weighted by molar-refractivity contribution is 5.93. The van der Waals surface area contributed by atoms with Gasteiger partial charge in [0.2, 0.25) is 29.5 Å². The molecule has 4 rings (SSSR count). The van der Waals surface area contributed by atoms with Crippen LogP contribution in [0.1, 0.15) is 61.6 Å². The molecule has 0 saturated carbocycles. The molecule has 0 unspecified atom stereocenters. The van der Waals surface area contributed by atoms with Crippen LogP contribution in [-0.2, 0) is 54.4 Å². The number of carboxylic acid groups (broad SMARTS) is 3. The van der Waals surface area contributed by atoms with Crippen LogP contribution >= 0.6 is 0 Å². The predicted octanol–water partition coefficient (Wildman–Crippen LogP) is -0.821. The summed E-state index contributed by atoms with van der Waals surface area (Å²) in [6, 6.07) is 21.2. The number of nitrogens with one attached hydrogen (secondary N) is 8. The maximum atomic E-state index is 14.4. The van der Waals surface area contributed by atoms with Crippen molar-refractivity contribution in [2.75, 3.05) is 150 Å². The molecule has 29 nitrogen and oxygen atoms in total. The molecule has 0 bridgehead atoms. The minimum absolute atomic E-state index is 0.0177. The van der Waals surface area contributed by atoms with Gasteiger partial charge in [0.25, 0.3) is 0 Å². The molecule has 88 heavy (non-hydrogen) atoms. The van der Waals surface area contributed by atoms with E-state index in [0.717, 1.165) is 11.3 Å². The number of phenolic OH excluding ortho intramolecular Hbond substituents is 1. The number of benzene rings is 3. The summed E-state index contributed by atoms with van der Waals surface area (Å²) in [5.74, 6) is -5.45. The number of aliphatic carboxylic acids is 3. The number of guanidine groups is 1. The van der Waals surface area contributed by atoms with Crippen molar-refractivity contribution in [3.8, 4) is 5.75 Å². The van der Waals surface area contributed by atoms with Gasteiger partial charge in [0.05, 0.1) is 58.5 Å². The summed E-state index contributed by atoms with van der Waals surface area (Å²) in [5, 5.41) is 60.9. The Balaban J connectivity index is 1.16. The van der Waals surface area contributed by atoms with Gasteiger partial charge in [0, 0.05) is 117 Å². The topological polar surface area (TPSA) is 401 Å². The lowest BCUT2D eigenvalue weighted by molar-refractivity contribution is -0.140. The van der Waals surface area contributed by atoms with E-state index < -0.39 is 47.7 Å². The SMILES string of the molecule is CCC(=O)NCCNC(=O)/N=C(/N)NCCC[C@@H](NC(=O)[C@@H](c1ccccc1)c1ccc(NCCCNC(=O)CCOCCOCCNC(=O)CN2CCN(CC(=O)O)CCN(CC(=O)O)CCN(CC(=O)O)CC2)cc1)C(=O)NCc1ccc(O)cc1. The summed E-state index contributed by atoms with van der Waals surface area (Å²) in [4.78, 5) is 122. The number of hydrogen-bond acceptors (Lipinski definition) is 17. The van der Waals surface area contributed by atoms with Crippen LogP contribution in [-0.4, -0.2) is 250 Å². The van der Waals surface area contributed by atoms with Gasteiger partial charge in [-0.2, -0.15) is 4.99 Å². The molecule has 3 aromatic carbocycles. The van der Waals surface area contributed by atoms with Gasteiger partial charge < -0.3 is 78.2 Å². The second-order valence-electron chi connectivity index (χ2n) is 20.7. The van der Waals surface area contributed by atoms with Crippen LogP contribution in [0.2, 0.25) is 0 Å². The highest BCUT2D eigenvalue weighted by Gasteiger charge is 2.28. The van der Waals surface area contributed by atoms with E-state index in [0.29, 0.717) is 69.7 Å². The minimum Gasteiger partial charge on any atom is -0.508 e. The van der Waals surface area contributed by atoms with Crippen LogP contribution in [0.15, 0.2) is 83.9 Å². The fourth-order valence-corrected chi connectivity index (χ4v) is 9.02. The Morgan fingerprint density at radius 2 is 1.06 bits per heavy atom. The molecule has 3 aromatic rings. The van der Waals surface area contributed by atoms with E-state index in [1.165, 1.54) is 12.1 Å². The fourth-order valence-electron chi connectivity index (χ4n) is 9.02. The molecule has 1 fully saturated rings. The zero-order chi connectivity index (χ0) is 63.9. The molecule has 1 heterocycles. The first-order chi connectivity index (χ1) is 42.4. The number of carboxylic acids is 3. The van der Waals surface area contributed by atoms with Crippen LogP contribution in [0.5, 0.6) is 5.75 Å². The lowest BCUT2D eigenvalue weighted by Crippen LogP contribution is -2.50. The number of nitrogens with zero attached hydrogens (tertiary/aromatic N) is 5. The van der Waals surface area contributed by atoms with E-state index >= 15 is 0 Å². The Morgan fingerprint density at radius 3 is 1.64 bits per heavy atom. The number of aliphatic imine (C=N–C) groups is 1. The van der Waals surface area contributed by atoms with Gasteiger partial charge in [-0.25, -0.2) is 4.79 Å². The number of aromatic hydroxyl groups is 1. The molecule has 0 radical (unpaired) electrons. The number of hydrogen-bond donors (Lipinski definition) is 13. The number of anilines is 1. The fraction of sp³-hybridized carbons (Fsp3) is 0.525. The lowest BCUT2D eigenvalue weighted by Gasteiger charge is -2.32. The Bertz CT molecular complexity index is 2640. The monoisotopic (exact) mass is 1230 g/mol. The largest absolute Gasteiger partial charge is 0.508 e. The van der Waals surface area contributed by atoms with E-state index in [-0.39, 0.29) is 154 Å². The molecule has 7 amide bonds. The highest BCUT2D eigenvalue weighted by atomic mass is 16.5. The summed E-state index contributed by atoms with van der Waals surface area (Å²) >= 11 is 0. The van der Waals surface area contributed by atoms with Gasteiger partial charge in [0.1, 0.15) is 11.8 Å². The molecule has 29 heteroatoms. The van der Waals surface area contributed by atoms with E-state index in [2.05, 4.69) is 47.5 Å². The van der Waals surface area contributed by atoms with Crippen molar-refractivity contribution in [2.24, 2.45) is 10.7 Å². The lowest BCUT2D eigenvalue weighted by atomic mass is 9.90. The number of carbonyl (C=O) groups is 9. The number of carbonyl (C=O) groups excluding carboxylic acids is 6. The van der Waals surface area contributed by atoms with Crippen molar-refractivity contribution >= 4 is 65.1 Å². The van der Waals surface area contributed by atoms with Crippen molar-refractivity contribution in [3.05, 3.63) is 95.6 Å². The van der Waals surface area contributed by atoms with Gasteiger partial charge in [-0.05, 0) is 60.2 Å². The second-order valence-corrected chi connectivity index (χ2v) is 20.7. The first kappa shape index (κ1) is 72.0. The van der Waals surface area contributed by atoms with Gasteiger partial charge in [-0.1, -0.05) is 61.5 Å². The van der Waals surface area contributed by atoms with Crippen LogP contribution in [0.25, 0.3) is 0 Å². The number of amides is 7. The zero-order valence-electron chi connectivity index (χ0n) is 50.1. The van der Waals surface area contributed by atoms with Gasteiger partial charge in [0.15, 0.2) is 5.96 Å². The van der Waals surface area contributed by atoms with E-state index in [1.807, 2.05) is 59.5 Å². The molecule has 0 aliphatic carbocycles. The normalized spacial score (nSPS) is 14.6. The van der Waals surface area contributed by atoms with E-state index in [1.54, 1.807) is 33.8 Å². The summed E-state index contributed by atoms with van der Waals surface area (Å²) in [6.07, 6.45) is 1.60. The van der Waals surface area contributed by atoms with E-state index in [4.69, 9.17) is 15.2 Å². The number of ether oxygens (including phenoxy) is 2. The summed E-state index contributed by atoms with van der Waals surface area (Å²) in [6.45, 7) is 5.94. The van der Waals surface area contributed by atoms with Gasteiger partial charge in [-0.3, -0.25) is 58.0 Å². The first-order valence-electron chi connectivity index (χ1n) is 29.5. The summed E-state index contributed by atoms with van der Waals surface area (Å²) in [5.41, 5.74) is 8.83. The van der Waals surface area contributed by atoms with Gasteiger partial charge in [-0.15, -0.1) is 0 Å². The van der Waals surface area contributed by atoms with Crippen LogP contribution in [0.4, 0.5) is 10.5 Å². The van der Waals surface area contributed by atoms with Crippen molar-refractivity contribution in [1.82, 2.24) is 56.8 Å². The highest BCUT2D eigenvalue weighted by Crippen LogP contribution is 2.27. The Morgan fingerprint density at radius 1 is 0.534 bits per heavy atom. The Labute approximate surface area is 512 Å². The molecule has 1 aliphatic rings. The molecule has 2 atom stereocenters. The number of phenols is 1. The molecule has 0 spiro atoms. The number of nitrogens with two attached hydrogens (primary N) is 1. The van der Waals surface area contributed by atoms with Gasteiger partial charge >= 0.3 is 23.9 Å².